The van der Waals surface area contributed by atoms with Crippen LogP contribution >= 0.6 is 0 Å². The molecule has 0 bridgehead atoms. The molecule has 0 aliphatic rings. The Morgan fingerprint density at radius 2 is 1.90 bits per heavy atom. The van der Waals surface area contributed by atoms with E-state index >= 15 is 0 Å². The van der Waals surface area contributed by atoms with Gasteiger partial charge in [0.2, 0.25) is 0 Å². The summed E-state index contributed by atoms with van der Waals surface area (Å²) in [4.78, 5) is 33.4. The molecule has 4 N–H and O–H groups in total. The number of aryl methyl sites for hydroxylation is 1. The number of aromatic hydroxyl groups is 1. The molecular formula is C14H17NO6. The topological polar surface area (TPSA) is 124 Å². The second-order valence-corrected chi connectivity index (χ2v) is 4.65. The maximum Gasteiger partial charge on any atom is 0.326 e. The predicted molar refractivity (Wildman–Crippen MR) is 73.2 cm³/mol. The average molecular weight is 295 g/mol. The van der Waals surface area contributed by atoms with Crippen molar-refractivity contribution < 1.29 is 29.7 Å². The van der Waals surface area contributed by atoms with Crippen molar-refractivity contribution in [2.75, 3.05) is 0 Å². The van der Waals surface area contributed by atoms with Crippen LogP contribution in [0.25, 0.3) is 0 Å². The van der Waals surface area contributed by atoms with E-state index in [2.05, 4.69) is 5.32 Å². The summed E-state index contributed by atoms with van der Waals surface area (Å²) in [7, 11) is 0. The van der Waals surface area contributed by atoms with Crippen molar-refractivity contribution in [2.24, 2.45) is 0 Å². The van der Waals surface area contributed by atoms with E-state index in [1.165, 1.54) is 12.1 Å². The van der Waals surface area contributed by atoms with E-state index < -0.39 is 23.9 Å². The summed E-state index contributed by atoms with van der Waals surface area (Å²) in [6.07, 6.45) is 0.00190. The van der Waals surface area contributed by atoms with Crippen LogP contribution in [0.3, 0.4) is 0 Å². The Hall–Kier alpha value is -2.57. The Labute approximate surface area is 121 Å². The number of carboxylic acids is 2. The molecule has 0 heterocycles. The van der Waals surface area contributed by atoms with E-state index in [4.69, 9.17) is 10.2 Å². The van der Waals surface area contributed by atoms with Gasteiger partial charge < -0.3 is 20.6 Å². The summed E-state index contributed by atoms with van der Waals surface area (Å²) in [5, 5.41) is 29.4. The van der Waals surface area contributed by atoms with Crippen LogP contribution in [0.5, 0.6) is 5.75 Å². The van der Waals surface area contributed by atoms with E-state index in [1.807, 2.05) is 0 Å². The number of benzene rings is 1. The van der Waals surface area contributed by atoms with Crippen LogP contribution in [0.4, 0.5) is 0 Å². The van der Waals surface area contributed by atoms with E-state index in [1.54, 1.807) is 13.0 Å². The van der Waals surface area contributed by atoms with Gasteiger partial charge in [0.25, 0.3) is 5.91 Å². The molecule has 1 aromatic carbocycles. The molecule has 0 unspecified atom stereocenters. The lowest BCUT2D eigenvalue weighted by Gasteiger charge is -2.14. The number of hydrogen-bond donors (Lipinski definition) is 4. The maximum atomic E-state index is 11.9. The molecule has 114 valence electrons. The minimum absolute atomic E-state index is 0.0191. The minimum atomic E-state index is -1.23. The van der Waals surface area contributed by atoms with Crippen LogP contribution in [0.15, 0.2) is 18.2 Å². The second kappa shape index (κ2) is 7.28. The number of phenols is 1. The van der Waals surface area contributed by atoms with Gasteiger partial charge in [-0.2, -0.15) is 0 Å². The lowest BCUT2D eigenvalue weighted by Crippen LogP contribution is -2.40. The molecule has 1 rings (SSSR count). The van der Waals surface area contributed by atoms with E-state index in [0.717, 1.165) is 0 Å². The van der Waals surface area contributed by atoms with Gasteiger partial charge in [-0.25, -0.2) is 4.79 Å². The zero-order valence-corrected chi connectivity index (χ0v) is 11.5. The number of nitrogens with one attached hydrogen (secondary N) is 1. The Morgan fingerprint density at radius 3 is 2.43 bits per heavy atom. The predicted octanol–water partition coefficient (Wildman–Crippen LogP) is 1.14. The molecule has 0 saturated heterocycles. The summed E-state index contributed by atoms with van der Waals surface area (Å²) in [6.45, 7) is 1.67. The standard InChI is InChI=1S/C14H17NO6/c1-8-5-6-9(7-11(8)16)13(19)15-10(14(20)21)3-2-4-12(17)18/h5-7,10,16H,2-4H2,1H3,(H,15,19)(H,17,18)(H,20,21)/t10-/m1/s1. The van der Waals surface area contributed by atoms with E-state index in [9.17, 15) is 19.5 Å². The normalized spacial score (nSPS) is 11.7. The van der Waals surface area contributed by atoms with Gasteiger partial charge in [0.15, 0.2) is 0 Å². The fourth-order valence-electron chi connectivity index (χ4n) is 1.71. The van der Waals surface area contributed by atoms with Gasteiger partial charge in [0.05, 0.1) is 0 Å². The highest BCUT2D eigenvalue weighted by atomic mass is 16.4. The number of aliphatic carboxylic acids is 2. The average Bonchev–Trinajstić information content (AvgIpc) is 2.40. The highest BCUT2D eigenvalue weighted by Crippen LogP contribution is 2.17. The summed E-state index contributed by atoms with van der Waals surface area (Å²) < 4.78 is 0. The molecule has 1 atom stereocenters. The molecule has 0 spiro atoms. The molecule has 1 aromatic rings. The molecule has 0 fully saturated rings. The fraction of sp³-hybridized carbons (Fsp3) is 0.357. The molecule has 21 heavy (non-hydrogen) atoms. The minimum Gasteiger partial charge on any atom is -0.508 e. The van der Waals surface area contributed by atoms with Gasteiger partial charge in [-0.3, -0.25) is 9.59 Å². The third-order valence-corrected chi connectivity index (χ3v) is 2.96. The summed E-state index contributed by atoms with van der Waals surface area (Å²) in [5.41, 5.74) is 0.741. The van der Waals surface area contributed by atoms with Crippen LogP contribution in [-0.4, -0.2) is 39.2 Å². The zero-order chi connectivity index (χ0) is 16.0. The highest BCUT2D eigenvalue weighted by molar-refractivity contribution is 5.97. The van der Waals surface area contributed by atoms with Crippen molar-refractivity contribution in [1.29, 1.82) is 0 Å². The van der Waals surface area contributed by atoms with Crippen LogP contribution in [0, 0.1) is 6.92 Å². The van der Waals surface area contributed by atoms with E-state index in [-0.39, 0.29) is 30.6 Å². The van der Waals surface area contributed by atoms with Crippen LogP contribution in [0.2, 0.25) is 0 Å². The van der Waals surface area contributed by atoms with Gasteiger partial charge in [0.1, 0.15) is 11.8 Å². The largest absolute Gasteiger partial charge is 0.508 e. The number of carboxylic acid groups (broad SMARTS) is 2. The second-order valence-electron chi connectivity index (χ2n) is 4.65. The van der Waals surface area contributed by atoms with Crippen molar-refractivity contribution in [3.05, 3.63) is 29.3 Å². The molecule has 7 nitrogen and oxygen atoms in total. The molecule has 0 aliphatic carbocycles. The molecule has 1 amide bonds. The molecule has 0 aliphatic heterocycles. The van der Waals surface area contributed by atoms with Crippen molar-refractivity contribution in [3.63, 3.8) is 0 Å². The Morgan fingerprint density at radius 1 is 1.24 bits per heavy atom. The first-order valence-electron chi connectivity index (χ1n) is 6.36. The number of carbonyl (C=O) groups excluding carboxylic acids is 1. The number of carbonyl (C=O) groups is 3. The smallest absolute Gasteiger partial charge is 0.326 e. The SMILES string of the molecule is Cc1ccc(C(=O)N[C@H](CCCC(=O)O)C(=O)O)cc1O. The molecule has 0 radical (unpaired) electrons. The summed E-state index contributed by atoms with van der Waals surface area (Å²) >= 11 is 0. The number of amides is 1. The van der Waals surface area contributed by atoms with Gasteiger partial charge in [-0.05, 0) is 37.5 Å². The van der Waals surface area contributed by atoms with Crippen LogP contribution < -0.4 is 5.32 Å². The molecule has 7 heteroatoms. The van der Waals surface area contributed by atoms with Crippen molar-refractivity contribution in [2.45, 2.75) is 32.2 Å². The number of rotatable bonds is 7. The van der Waals surface area contributed by atoms with Gasteiger partial charge >= 0.3 is 11.9 Å². The van der Waals surface area contributed by atoms with Crippen molar-refractivity contribution in [1.82, 2.24) is 5.32 Å². The summed E-state index contributed by atoms with van der Waals surface area (Å²) in [5.74, 6) is -2.94. The third kappa shape index (κ3) is 5.13. The lowest BCUT2D eigenvalue weighted by atomic mass is 10.1. The van der Waals surface area contributed by atoms with Crippen LogP contribution in [-0.2, 0) is 9.59 Å². The Kier molecular flexibility index (Phi) is 5.71. The van der Waals surface area contributed by atoms with Gasteiger partial charge in [0, 0.05) is 12.0 Å². The first-order valence-corrected chi connectivity index (χ1v) is 6.36. The Balaban J connectivity index is 2.69. The highest BCUT2D eigenvalue weighted by Gasteiger charge is 2.21. The lowest BCUT2D eigenvalue weighted by molar-refractivity contribution is -0.140. The number of hydrogen-bond acceptors (Lipinski definition) is 4. The molecule has 0 aromatic heterocycles. The van der Waals surface area contributed by atoms with Crippen LogP contribution in [0.1, 0.15) is 35.2 Å². The maximum absolute atomic E-state index is 11.9. The first-order chi connectivity index (χ1) is 9.81. The van der Waals surface area contributed by atoms with E-state index in [0.29, 0.717) is 5.56 Å². The summed E-state index contributed by atoms with van der Waals surface area (Å²) in [6, 6.07) is 3.10. The molecular weight excluding hydrogens is 278 g/mol. The monoisotopic (exact) mass is 295 g/mol. The quantitative estimate of drug-likeness (QED) is 0.598. The van der Waals surface area contributed by atoms with Crippen molar-refractivity contribution >= 4 is 17.8 Å². The van der Waals surface area contributed by atoms with Gasteiger partial charge in [-0.15, -0.1) is 0 Å². The number of phenolic OH excluding ortho intramolecular Hbond substituents is 1. The van der Waals surface area contributed by atoms with Crippen molar-refractivity contribution in [3.8, 4) is 5.75 Å². The Bertz CT molecular complexity index is 554. The van der Waals surface area contributed by atoms with Gasteiger partial charge in [-0.1, -0.05) is 6.07 Å². The molecule has 0 saturated carbocycles. The zero-order valence-electron chi connectivity index (χ0n) is 11.5. The first kappa shape index (κ1) is 16.5. The third-order valence-electron chi connectivity index (χ3n) is 2.96. The fourth-order valence-corrected chi connectivity index (χ4v) is 1.71.